The van der Waals surface area contributed by atoms with E-state index in [0.29, 0.717) is 17.6 Å². The lowest BCUT2D eigenvalue weighted by Gasteiger charge is -2.35. The van der Waals surface area contributed by atoms with Gasteiger partial charge in [0.1, 0.15) is 10.8 Å². The molecule has 0 saturated carbocycles. The first-order valence-electron chi connectivity index (χ1n) is 10.9. The molecule has 1 N–H and O–H groups in total. The van der Waals surface area contributed by atoms with Crippen LogP contribution in [-0.2, 0) is 9.59 Å². The van der Waals surface area contributed by atoms with Crippen LogP contribution >= 0.6 is 11.6 Å². The third kappa shape index (κ3) is 5.71. The Morgan fingerprint density at radius 2 is 1.68 bits per heavy atom. The number of nitrogens with zero attached hydrogens (tertiary/aromatic N) is 5. The largest absolute Gasteiger partial charge is 0.423 e. The quantitative estimate of drug-likeness (QED) is 0.405. The number of alkyl halides is 4. The maximum Gasteiger partial charge on any atom is 0.423 e. The Morgan fingerprint density at radius 3 is 2.27 bits per heavy atom. The molecule has 2 aromatic heterocycles. The van der Waals surface area contributed by atoms with Gasteiger partial charge in [-0.2, -0.15) is 23.0 Å². The number of carbonyl (C=O) groups is 2. The van der Waals surface area contributed by atoms with Crippen molar-refractivity contribution in [2.45, 2.75) is 12.3 Å². The zero-order chi connectivity index (χ0) is 26.7. The van der Waals surface area contributed by atoms with Gasteiger partial charge in [-0.15, -0.1) is 0 Å². The third-order valence-electron chi connectivity index (χ3n) is 5.61. The highest BCUT2D eigenvalue weighted by Gasteiger charge is 2.41. The molecule has 0 spiro atoms. The van der Waals surface area contributed by atoms with Crippen molar-refractivity contribution in [3.63, 3.8) is 0 Å². The van der Waals surface area contributed by atoms with Crippen LogP contribution in [0.1, 0.15) is 11.7 Å². The van der Waals surface area contributed by atoms with Gasteiger partial charge in [-0.1, -0.05) is 35.9 Å². The lowest BCUT2D eigenvalue weighted by atomic mass is 10.2. The standard InChI is InChI=1S/C23H19ClF4N6O3/c24-18-16(13-30-34(21(18)36)15-4-2-1-3-5-15)32-8-10-33(11-9-32)22(37)20(35)31-17-7-6-14(12-29-17)19(25)23(26,27)28/h1-7,12-13,19H,8-11H2,(H,29,31,35). The summed E-state index contributed by atoms with van der Waals surface area (Å²) in [4.78, 5) is 44.2. The van der Waals surface area contributed by atoms with Gasteiger partial charge in [0.25, 0.3) is 5.56 Å². The number of halogens is 5. The van der Waals surface area contributed by atoms with Crippen LogP contribution in [0, 0.1) is 0 Å². The maximum absolute atomic E-state index is 13.4. The smallest absolute Gasteiger partial charge is 0.365 e. The lowest BCUT2D eigenvalue weighted by molar-refractivity contribution is -0.182. The molecule has 2 amide bonds. The van der Waals surface area contributed by atoms with E-state index in [1.165, 1.54) is 15.8 Å². The van der Waals surface area contributed by atoms with Gasteiger partial charge in [0.15, 0.2) is 0 Å². The van der Waals surface area contributed by atoms with E-state index >= 15 is 0 Å². The molecule has 4 rings (SSSR count). The SMILES string of the molecule is O=C(Nc1ccc(C(F)C(F)(F)F)cn1)C(=O)N1CCN(c2cnn(-c3ccccc3)c(=O)c2Cl)CC1. The lowest BCUT2D eigenvalue weighted by Crippen LogP contribution is -2.52. The minimum atomic E-state index is -5.08. The summed E-state index contributed by atoms with van der Waals surface area (Å²) in [6.07, 6.45) is -6.20. The van der Waals surface area contributed by atoms with Gasteiger partial charge in [-0.05, 0) is 18.2 Å². The van der Waals surface area contributed by atoms with Gasteiger partial charge >= 0.3 is 18.0 Å². The minimum absolute atomic E-state index is 0.0352. The van der Waals surface area contributed by atoms with Crippen LogP contribution in [-0.4, -0.2) is 63.8 Å². The molecular formula is C23H19ClF4N6O3. The van der Waals surface area contributed by atoms with Crippen molar-refractivity contribution in [2.75, 3.05) is 36.4 Å². The molecule has 1 saturated heterocycles. The molecule has 0 bridgehead atoms. The van der Waals surface area contributed by atoms with Crippen molar-refractivity contribution in [1.82, 2.24) is 19.7 Å². The van der Waals surface area contributed by atoms with Crippen molar-refractivity contribution in [2.24, 2.45) is 0 Å². The first-order valence-corrected chi connectivity index (χ1v) is 11.3. The number of para-hydroxylation sites is 1. The Labute approximate surface area is 212 Å². The van der Waals surface area contributed by atoms with Crippen LogP contribution < -0.4 is 15.8 Å². The van der Waals surface area contributed by atoms with Crippen molar-refractivity contribution < 1.29 is 27.2 Å². The van der Waals surface area contributed by atoms with Crippen LogP contribution in [0.5, 0.6) is 0 Å². The van der Waals surface area contributed by atoms with E-state index in [0.717, 1.165) is 12.1 Å². The molecule has 0 radical (unpaired) electrons. The Hall–Kier alpha value is -4.00. The van der Waals surface area contributed by atoms with Crippen LogP contribution in [0.15, 0.2) is 59.7 Å². The maximum atomic E-state index is 13.4. The number of carbonyl (C=O) groups excluding carboxylic acids is 2. The fourth-order valence-corrected chi connectivity index (χ4v) is 3.93. The van der Waals surface area contributed by atoms with E-state index in [1.807, 2.05) is 0 Å². The van der Waals surface area contributed by atoms with Crippen LogP contribution in [0.3, 0.4) is 0 Å². The molecule has 1 aliphatic heterocycles. The summed E-state index contributed by atoms with van der Waals surface area (Å²) in [5.74, 6) is -2.13. The number of amides is 2. The van der Waals surface area contributed by atoms with E-state index in [2.05, 4.69) is 15.4 Å². The van der Waals surface area contributed by atoms with Crippen molar-refractivity contribution in [3.8, 4) is 5.69 Å². The predicted molar refractivity (Wildman–Crippen MR) is 126 cm³/mol. The Bertz CT molecular complexity index is 1340. The fraction of sp³-hybridized carbons (Fsp3) is 0.261. The monoisotopic (exact) mass is 538 g/mol. The van der Waals surface area contributed by atoms with E-state index in [4.69, 9.17) is 11.6 Å². The number of hydrogen-bond acceptors (Lipinski definition) is 6. The average Bonchev–Trinajstić information content (AvgIpc) is 2.90. The van der Waals surface area contributed by atoms with Gasteiger partial charge in [-0.25, -0.2) is 9.37 Å². The van der Waals surface area contributed by atoms with Gasteiger partial charge in [-0.3, -0.25) is 14.4 Å². The first-order chi connectivity index (χ1) is 17.6. The van der Waals surface area contributed by atoms with Gasteiger partial charge in [0.2, 0.25) is 6.17 Å². The van der Waals surface area contributed by atoms with E-state index in [9.17, 15) is 31.9 Å². The normalized spacial score (nSPS) is 14.8. The second-order valence-electron chi connectivity index (χ2n) is 8.01. The molecule has 3 heterocycles. The number of anilines is 2. The molecular weight excluding hydrogens is 520 g/mol. The highest BCUT2D eigenvalue weighted by Crippen LogP contribution is 2.35. The predicted octanol–water partition coefficient (Wildman–Crippen LogP) is 3.14. The molecule has 194 valence electrons. The molecule has 37 heavy (non-hydrogen) atoms. The Kier molecular flexibility index (Phi) is 7.43. The van der Waals surface area contributed by atoms with Gasteiger partial charge in [0, 0.05) is 37.9 Å². The summed E-state index contributed by atoms with van der Waals surface area (Å²) in [5, 5.41) is 6.34. The molecule has 1 fully saturated rings. The zero-order valence-corrected chi connectivity index (χ0v) is 19.7. The molecule has 1 aliphatic rings. The summed E-state index contributed by atoms with van der Waals surface area (Å²) in [6.45, 7) is 0.784. The van der Waals surface area contributed by atoms with Gasteiger partial charge in [0.05, 0.1) is 17.6 Å². The number of pyridine rings is 1. The summed E-state index contributed by atoms with van der Waals surface area (Å²) >= 11 is 6.32. The van der Waals surface area contributed by atoms with Crippen LogP contribution in [0.2, 0.25) is 5.02 Å². The van der Waals surface area contributed by atoms with E-state index in [1.54, 1.807) is 35.2 Å². The van der Waals surface area contributed by atoms with Crippen molar-refractivity contribution in [1.29, 1.82) is 0 Å². The number of piperazine rings is 1. The topological polar surface area (TPSA) is 100 Å². The number of nitrogens with one attached hydrogen (secondary N) is 1. The van der Waals surface area contributed by atoms with Crippen molar-refractivity contribution in [3.05, 3.63) is 75.8 Å². The molecule has 1 atom stereocenters. The molecule has 1 unspecified atom stereocenters. The van der Waals surface area contributed by atoms with Crippen LogP contribution in [0.4, 0.5) is 29.1 Å². The Balaban J connectivity index is 1.36. The zero-order valence-electron chi connectivity index (χ0n) is 19.0. The first kappa shape index (κ1) is 26.1. The highest BCUT2D eigenvalue weighted by atomic mass is 35.5. The number of hydrogen-bond donors (Lipinski definition) is 1. The third-order valence-corrected chi connectivity index (χ3v) is 5.97. The minimum Gasteiger partial charge on any atom is -0.365 e. The molecule has 1 aromatic carbocycles. The number of rotatable bonds is 4. The molecule has 9 nitrogen and oxygen atoms in total. The Morgan fingerprint density at radius 1 is 1.00 bits per heavy atom. The average molecular weight is 539 g/mol. The molecule has 14 heteroatoms. The second-order valence-corrected chi connectivity index (χ2v) is 8.39. The molecule has 0 aliphatic carbocycles. The van der Waals surface area contributed by atoms with E-state index < -0.39 is 35.3 Å². The summed E-state index contributed by atoms with van der Waals surface area (Å²) in [5.41, 5.74) is -0.283. The van der Waals surface area contributed by atoms with Crippen LogP contribution in [0.25, 0.3) is 5.69 Å². The summed E-state index contributed by atoms with van der Waals surface area (Å²) < 4.78 is 51.9. The number of aromatic nitrogens is 3. The van der Waals surface area contributed by atoms with Gasteiger partial charge < -0.3 is 15.1 Å². The molecule has 3 aromatic rings. The second kappa shape index (κ2) is 10.5. The van der Waals surface area contributed by atoms with E-state index in [-0.39, 0.29) is 37.0 Å². The summed E-state index contributed by atoms with van der Waals surface area (Å²) in [7, 11) is 0. The van der Waals surface area contributed by atoms with Crippen molar-refractivity contribution >= 4 is 34.9 Å². The highest BCUT2D eigenvalue weighted by molar-refractivity contribution is 6.39. The fourth-order valence-electron chi connectivity index (χ4n) is 3.68. The number of benzene rings is 1. The summed E-state index contributed by atoms with van der Waals surface area (Å²) in [6, 6.07) is 10.5.